The zero-order valence-electron chi connectivity index (χ0n) is 10.9. The minimum Gasteiger partial charge on any atom is -0.384 e. The summed E-state index contributed by atoms with van der Waals surface area (Å²) in [6.45, 7) is 5.55. The summed E-state index contributed by atoms with van der Waals surface area (Å²) in [6.07, 6.45) is 0. The van der Waals surface area contributed by atoms with E-state index < -0.39 is 0 Å². The van der Waals surface area contributed by atoms with E-state index in [9.17, 15) is 4.79 Å². The fourth-order valence-corrected chi connectivity index (χ4v) is 1.44. The van der Waals surface area contributed by atoms with Gasteiger partial charge in [-0.05, 0) is 44.5 Å². The molecular formula is C14H18N2O2. The third-order valence-electron chi connectivity index (χ3n) is 2.21. The van der Waals surface area contributed by atoms with Crippen molar-refractivity contribution in [1.29, 1.82) is 0 Å². The number of benzene rings is 1. The molecule has 0 aromatic heterocycles. The van der Waals surface area contributed by atoms with Crippen molar-refractivity contribution >= 4 is 11.7 Å². The Labute approximate surface area is 107 Å². The van der Waals surface area contributed by atoms with Gasteiger partial charge in [0.2, 0.25) is 0 Å². The lowest BCUT2D eigenvalue weighted by atomic mass is 10.1. The lowest BCUT2D eigenvalue weighted by molar-refractivity contribution is 0.250. The van der Waals surface area contributed by atoms with E-state index in [1.807, 2.05) is 26.8 Å². The zero-order chi connectivity index (χ0) is 13.5. The van der Waals surface area contributed by atoms with E-state index in [1.165, 1.54) is 0 Å². The van der Waals surface area contributed by atoms with Crippen LogP contribution in [0.2, 0.25) is 0 Å². The number of hydrogen-bond donors (Lipinski definition) is 3. The van der Waals surface area contributed by atoms with Crippen LogP contribution in [-0.4, -0.2) is 23.8 Å². The molecule has 0 heterocycles. The van der Waals surface area contributed by atoms with E-state index in [2.05, 4.69) is 22.5 Å². The molecule has 4 nitrogen and oxygen atoms in total. The highest BCUT2D eigenvalue weighted by Gasteiger charge is 2.05. The first-order valence-corrected chi connectivity index (χ1v) is 5.81. The van der Waals surface area contributed by atoms with Crippen LogP contribution in [0.25, 0.3) is 0 Å². The monoisotopic (exact) mass is 246 g/mol. The van der Waals surface area contributed by atoms with Crippen molar-refractivity contribution in [2.45, 2.75) is 26.8 Å². The second-order valence-electron chi connectivity index (χ2n) is 4.24. The molecule has 3 N–H and O–H groups in total. The lowest BCUT2D eigenvalue weighted by Crippen LogP contribution is -2.34. The average Bonchev–Trinajstić information content (AvgIpc) is 2.28. The number of carbonyl (C=O) groups is 1. The number of amides is 2. The van der Waals surface area contributed by atoms with Crippen LogP contribution in [0.1, 0.15) is 25.0 Å². The van der Waals surface area contributed by atoms with Gasteiger partial charge in [-0.1, -0.05) is 11.8 Å². The van der Waals surface area contributed by atoms with Gasteiger partial charge in [0.15, 0.2) is 0 Å². The molecule has 0 atom stereocenters. The van der Waals surface area contributed by atoms with Crippen molar-refractivity contribution in [3.05, 3.63) is 29.3 Å². The predicted octanol–water partition coefficient (Wildman–Crippen LogP) is 1.87. The van der Waals surface area contributed by atoms with Gasteiger partial charge in [0.25, 0.3) is 0 Å². The number of anilines is 1. The van der Waals surface area contributed by atoms with Gasteiger partial charge in [-0.3, -0.25) is 0 Å². The third kappa shape index (κ3) is 4.48. The van der Waals surface area contributed by atoms with Crippen LogP contribution >= 0.6 is 0 Å². The fraction of sp³-hybridized carbons (Fsp3) is 0.357. The summed E-state index contributed by atoms with van der Waals surface area (Å²) in [6, 6.07) is 5.35. The molecule has 0 saturated heterocycles. The molecule has 0 bridgehead atoms. The van der Waals surface area contributed by atoms with Crippen LogP contribution in [0.15, 0.2) is 18.2 Å². The van der Waals surface area contributed by atoms with E-state index in [0.717, 1.165) is 16.8 Å². The number of urea groups is 1. The quantitative estimate of drug-likeness (QED) is 0.698. The topological polar surface area (TPSA) is 61.4 Å². The van der Waals surface area contributed by atoms with Gasteiger partial charge in [0.1, 0.15) is 6.61 Å². The summed E-state index contributed by atoms with van der Waals surface area (Å²) in [5, 5.41) is 14.1. The standard InChI is InChI=1S/C14H18N2O2/c1-10(2)15-14(18)16-13-7-6-12(5-4-8-17)9-11(13)3/h6-7,9-10,17H,8H2,1-3H3,(H2,15,16,18). The molecule has 0 saturated carbocycles. The summed E-state index contributed by atoms with van der Waals surface area (Å²) in [5.41, 5.74) is 2.50. The van der Waals surface area contributed by atoms with Crippen molar-refractivity contribution in [3.63, 3.8) is 0 Å². The smallest absolute Gasteiger partial charge is 0.319 e. The van der Waals surface area contributed by atoms with Gasteiger partial charge in [-0.15, -0.1) is 0 Å². The summed E-state index contributed by atoms with van der Waals surface area (Å²) in [5.74, 6) is 5.40. The van der Waals surface area contributed by atoms with Crippen LogP contribution in [-0.2, 0) is 0 Å². The number of nitrogens with one attached hydrogen (secondary N) is 2. The highest BCUT2D eigenvalue weighted by Crippen LogP contribution is 2.15. The minimum absolute atomic E-state index is 0.0972. The third-order valence-corrected chi connectivity index (χ3v) is 2.21. The van der Waals surface area contributed by atoms with Crippen LogP contribution in [0, 0.1) is 18.8 Å². The molecule has 0 aliphatic carbocycles. The molecule has 0 unspecified atom stereocenters. The van der Waals surface area contributed by atoms with Crippen LogP contribution in [0.4, 0.5) is 10.5 Å². The Hall–Kier alpha value is -1.99. The van der Waals surface area contributed by atoms with Gasteiger partial charge in [0, 0.05) is 17.3 Å². The molecule has 1 aromatic rings. The number of aliphatic hydroxyl groups excluding tert-OH is 1. The van der Waals surface area contributed by atoms with E-state index in [1.54, 1.807) is 12.1 Å². The van der Waals surface area contributed by atoms with E-state index in [4.69, 9.17) is 5.11 Å². The molecule has 1 rings (SSSR count). The number of carbonyl (C=O) groups excluding carboxylic acids is 1. The second-order valence-corrected chi connectivity index (χ2v) is 4.24. The van der Waals surface area contributed by atoms with E-state index in [-0.39, 0.29) is 18.7 Å². The van der Waals surface area contributed by atoms with Gasteiger partial charge < -0.3 is 15.7 Å². The molecule has 2 amide bonds. The normalized spacial score (nSPS) is 9.61. The van der Waals surface area contributed by atoms with Crippen LogP contribution in [0.3, 0.4) is 0 Å². The van der Waals surface area contributed by atoms with Gasteiger partial charge in [0.05, 0.1) is 0 Å². The highest BCUT2D eigenvalue weighted by molar-refractivity contribution is 5.90. The van der Waals surface area contributed by atoms with Crippen molar-refractivity contribution < 1.29 is 9.90 Å². The number of hydrogen-bond acceptors (Lipinski definition) is 2. The molecule has 0 fully saturated rings. The minimum atomic E-state index is -0.220. The molecule has 0 aliphatic heterocycles. The molecular weight excluding hydrogens is 228 g/mol. The van der Waals surface area contributed by atoms with Gasteiger partial charge in [-0.2, -0.15) is 0 Å². The molecule has 0 spiro atoms. The molecule has 1 aromatic carbocycles. The first-order valence-electron chi connectivity index (χ1n) is 5.81. The SMILES string of the molecule is Cc1cc(C#CCO)ccc1NC(=O)NC(C)C. The Morgan fingerprint density at radius 2 is 2.17 bits per heavy atom. The van der Waals surface area contributed by atoms with Crippen LogP contribution in [0.5, 0.6) is 0 Å². The number of rotatable bonds is 2. The Kier molecular flexibility index (Phi) is 5.22. The highest BCUT2D eigenvalue weighted by atomic mass is 16.2. The van der Waals surface area contributed by atoms with Crippen molar-refractivity contribution in [1.82, 2.24) is 5.32 Å². The maximum absolute atomic E-state index is 11.5. The molecule has 96 valence electrons. The van der Waals surface area contributed by atoms with Crippen molar-refractivity contribution in [2.75, 3.05) is 11.9 Å². The maximum atomic E-state index is 11.5. The molecule has 4 heteroatoms. The Balaban J connectivity index is 2.77. The largest absolute Gasteiger partial charge is 0.384 e. The summed E-state index contributed by atoms with van der Waals surface area (Å²) in [7, 11) is 0. The van der Waals surface area contributed by atoms with Gasteiger partial charge >= 0.3 is 6.03 Å². The Morgan fingerprint density at radius 3 is 2.72 bits per heavy atom. The maximum Gasteiger partial charge on any atom is 0.319 e. The Bertz CT molecular complexity index is 484. The van der Waals surface area contributed by atoms with Gasteiger partial charge in [-0.25, -0.2) is 4.79 Å². The number of aryl methyl sites for hydroxylation is 1. The lowest BCUT2D eigenvalue weighted by Gasteiger charge is -2.12. The summed E-state index contributed by atoms with van der Waals surface area (Å²) < 4.78 is 0. The molecule has 0 aliphatic rings. The first-order chi connectivity index (χ1) is 8.52. The fourth-order valence-electron chi connectivity index (χ4n) is 1.44. The van der Waals surface area contributed by atoms with E-state index in [0.29, 0.717) is 0 Å². The first kappa shape index (κ1) is 14.1. The predicted molar refractivity (Wildman–Crippen MR) is 72.4 cm³/mol. The average molecular weight is 246 g/mol. The molecule has 0 radical (unpaired) electrons. The van der Waals surface area contributed by atoms with E-state index >= 15 is 0 Å². The van der Waals surface area contributed by atoms with Crippen molar-refractivity contribution in [3.8, 4) is 11.8 Å². The zero-order valence-corrected chi connectivity index (χ0v) is 10.9. The van der Waals surface area contributed by atoms with Crippen molar-refractivity contribution in [2.24, 2.45) is 0 Å². The summed E-state index contributed by atoms with van der Waals surface area (Å²) in [4.78, 5) is 11.5. The number of aliphatic hydroxyl groups is 1. The summed E-state index contributed by atoms with van der Waals surface area (Å²) >= 11 is 0. The second kappa shape index (κ2) is 6.67. The molecule has 18 heavy (non-hydrogen) atoms. The van der Waals surface area contributed by atoms with Crippen LogP contribution < -0.4 is 10.6 Å². The Morgan fingerprint density at radius 1 is 1.44 bits per heavy atom.